The molecule has 1 N–H and O–H groups in total. The van der Waals surface area contributed by atoms with E-state index in [1.165, 1.54) is 28.3 Å². The Morgan fingerprint density at radius 1 is 1.67 bits per heavy atom. The van der Waals surface area contributed by atoms with E-state index in [2.05, 4.69) is 6.92 Å². The number of aromatic nitrogens is 1. The Kier molecular flexibility index (Phi) is 2.78. The third kappa shape index (κ3) is 2.04. The average molecular weight is 224 g/mol. The number of nitrogens with one attached hydrogen (secondary N) is 1. The molecule has 1 atom stereocenters. The van der Waals surface area contributed by atoms with Crippen LogP contribution in [-0.2, 0) is 24.2 Å². The Morgan fingerprint density at radius 2 is 2.40 bits per heavy atom. The summed E-state index contributed by atoms with van der Waals surface area (Å²) in [7, 11) is 0. The van der Waals surface area contributed by atoms with Crippen molar-refractivity contribution in [3.8, 4) is 0 Å². The largest absolute Gasteiger partial charge is 0.314 e. The number of rotatable bonds is 2. The van der Waals surface area contributed by atoms with Crippen LogP contribution in [0.5, 0.6) is 0 Å². The van der Waals surface area contributed by atoms with Gasteiger partial charge in [0.15, 0.2) is 4.80 Å². The first kappa shape index (κ1) is 10.6. The first-order chi connectivity index (χ1) is 7.08. The molecule has 0 saturated heterocycles. The molecule has 1 heterocycles. The van der Waals surface area contributed by atoms with Crippen LogP contribution in [-0.4, -0.2) is 10.4 Å². The second-order valence-corrected chi connectivity index (χ2v) is 5.50. The summed E-state index contributed by atoms with van der Waals surface area (Å²) in [6.07, 6.45) is 3.29. The number of hydrogen-bond acceptors (Lipinski definition) is 3. The molecule has 0 aliphatic heterocycles. The molecule has 1 unspecified atom stereocenters. The highest BCUT2D eigenvalue weighted by atomic mass is 32.1. The minimum Gasteiger partial charge on any atom is -0.314 e. The zero-order valence-corrected chi connectivity index (χ0v) is 9.99. The van der Waals surface area contributed by atoms with E-state index >= 15 is 0 Å². The molecular weight excluding hydrogens is 208 g/mol. The third-order valence-corrected chi connectivity index (χ3v) is 3.96. The van der Waals surface area contributed by atoms with E-state index in [-0.39, 0.29) is 5.78 Å². The van der Waals surface area contributed by atoms with Gasteiger partial charge in [-0.15, -0.1) is 11.3 Å². The first-order valence-corrected chi connectivity index (χ1v) is 6.15. The summed E-state index contributed by atoms with van der Waals surface area (Å²) in [5.74, 6) is 0.856. The van der Waals surface area contributed by atoms with E-state index in [1.807, 2.05) is 4.57 Å². The van der Waals surface area contributed by atoms with Gasteiger partial charge in [0, 0.05) is 10.6 Å². The van der Waals surface area contributed by atoms with Crippen molar-refractivity contribution in [3.05, 3.63) is 15.4 Å². The predicted molar refractivity (Wildman–Crippen MR) is 60.0 cm³/mol. The smallest absolute Gasteiger partial charge is 0.182 e. The van der Waals surface area contributed by atoms with Crippen molar-refractivity contribution in [3.63, 3.8) is 0 Å². The van der Waals surface area contributed by atoms with Gasteiger partial charge < -0.3 is 4.57 Å². The molecule has 1 aliphatic carbocycles. The van der Waals surface area contributed by atoms with E-state index in [0.717, 1.165) is 18.8 Å². The topological polar surface area (TPSA) is 45.9 Å². The molecule has 0 spiro atoms. The van der Waals surface area contributed by atoms with Crippen LogP contribution in [0.15, 0.2) is 0 Å². The molecule has 0 fully saturated rings. The highest BCUT2D eigenvalue weighted by molar-refractivity contribution is 7.09. The lowest BCUT2D eigenvalue weighted by Gasteiger charge is -2.19. The molecular formula is C11H16N2OS. The molecule has 82 valence electrons. The number of hydrogen-bond donors (Lipinski definition) is 1. The lowest BCUT2D eigenvalue weighted by Crippen LogP contribution is -2.22. The van der Waals surface area contributed by atoms with Crippen LogP contribution < -0.4 is 4.80 Å². The predicted octanol–water partition coefficient (Wildman–Crippen LogP) is 1.74. The van der Waals surface area contributed by atoms with Gasteiger partial charge in [-0.25, -0.2) is 0 Å². The molecule has 15 heavy (non-hydrogen) atoms. The molecule has 0 saturated carbocycles. The first-order valence-electron chi connectivity index (χ1n) is 5.33. The van der Waals surface area contributed by atoms with Crippen LogP contribution in [0.4, 0.5) is 0 Å². The highest BCUT2D eigenvalue weighted by Crippen LogP contribution is 2.27. The highest BCUT2D eigenvalue weighted by Gasteiger charge is 2.21. The summed E-state index contributed by atoms with van der Waals surface area (Å²) in [5.41, 5.74) is 1.23. The van der Waals surface area contributed by atoms with Gasteiger partial charge in [0.05, 0.1) is 6.54 Å². The van der Waals surface area contributed by atoms with E-state index < -0.39 is 0 Å². The Balaban J connectivity index is 2.39. The molecule has 1 aromatic rings. The number of thiazole rings is 1. The molecule has 3 nitrogen and oxygen atoms in total. The lowest BCUT2D eigenvalue weighted by molar-refractivity contribution is -0.117. The van der Waals surface area contributed by atoms with Crippen molar-refractivity contribution >= 4 is 17.1 Å². The molecule has 0 aromatic carbocycles. The van der Waals surface area contributed by atoms with Crippen molar-refractivity contribution in [2.24, 2.45) is 5.92 Å². The Labute approximate surface area is 93.3 Å². The Morgan fingerprint density at radius 3 is 3.07 bits per heavy atom. The molecule has 0 radical (unpaired) electrons. The summed E-state index contributed by atoms with van der Waals surface area (Å²) >= 11 is 1.54. The van der Waals surface area contributed by atoms with Crippen LogP contribution in [0, 0.1) is 11.3 Å². The fraction of sp³-hybridized carbons (Fsp3) is 0.636. The number of nitrogens with zero attached hydrogens (tertiary/aromatic N) is 1. The van der Waals surface area contributed by atoms with Crippen LogP contribution in [0.2, 0.25) is 0 Å². The Bertz CT molecular complexity index is 444. The maximum absolute atomic E-state index is 11.1. The number of Topliss-reactive ketones (excluding diaryl/α,β-unsaturated/α-hetero) is 1. The lowest BCUT2D eigenvalue weighted by atomic mass is 9.93. The van der Waals surface area contributed by atoms with Crippen LogP contribution in [0.1, 0.15) is 30.8 Å². The van der Waals surface area contributed by atoms with Crippen LogP contribution in [0.3, 0.4) is 0 Å². The second kappa shape index (κ2) is 3.93. The summed E-state index contributed by atoms with van der Waals surface area (Å²) in [6.45, 7) is 4.21. The van der Waals surface area contributed by atoms with Crippen molar-refractivity contribution in [1.29, 1.82) is 5.41 Å². The minimum atomic E-state index is 0.132. The number of fused-ring (bicyclic) bond motifs is 1. The summed E-state index contributed by atoms with van der Waals surface area (Å²) in [6, 6.07) is 0. The van der Waals surface area contributed by atoms with Gasteiger partial charge >= 0.3 is 0 Å². The molecule has 1 aromatic heterocycles. The van der Waals surface area contributed by atoms with Crippen molar-refractivity contribution in [1.82, 2.24) is 4.57 Å². The van der Waals surface area contributed by atoms with Gasteiger partial charge in [-0.05, 0) is 32.1 Å². The fourth-order valence-electron chi connectivity index (χ4n) is 2.13. The quantitative estimate of drug-likeness (QED) is 0.817. The van der Waals surface area contributed by atoms with Gasteiger partial charge in [-0.3, -0.25) is 10.2 Å². The zero-order chi connectivity index (χ0) is 11.0. The maximum atomic E-state index is 11.1. The monoisotopic (exact) mass is 224 g/mol. The normalized spacial score (nSPS) is 20.0. The maximum Gasteiger partial charge on any atom is 0.182 e. The third-order valence-electron chi connectivity index (χ3n) is 2.90. The SMILES string of the molecule is CC(=O)Cn1c2c(sc1=N)CC(C)CC2. The standard InChI is InChI=1S/C11H16N2OS/c1-7-3-4-9-10(5-7)15-11(12)13(9)6-8(2)14/h7,12H,3-6H2,1-2H3. The second-order valence-electron chi connectivity index (χ2n) is 4.41. The molecule has 0 bridgehead atoms. The van der Waals surface area contributed by atoms with E-state index in [4.69, 9.17) is 5.41 Å². The number of carbonyl (C=O) groups excluding carboxylic acids is 1. The van der Waals surface area contributed by atoms with Crippen molar-refractivity contribution in [2.75, 3.05) is 0 Å². The van der Waals surface area contributed by atoms with E-state index in [1.54, 1.807) is 6.92 Å². The van der Waals surface area contributed by atoms with E-state index in [9.17, 15) is 4.79 Å². The number of ketones is 1. The summed E-state index contributed by atoms with van der Waals surface area (Å²) in [5, 5.41) is 7.86. The van der Waals surface area contributed by atoms with Crippen molar-refractivity contribution < 1.29 is 4.79 Å². The summed E-state index contributed by atoms with van der Waals surface area (Å²) < 4.78 is 1.88. The number of carbonyl (C=O) groups is 1. The van der Waals surface area contributed by atoms with Gasteiger partial charge in [-0.2, -0.15) is 0 Å². The summed E-state index contributed by atoms with van der Waals surface area (Å²) in [4.78, 5) is 13.0. The van der Waals surface area contributed by atoms with Gasteiger partial charge in [0.2, 0.25) is 0 Å². The van der Waals surface area contributed by atoms with Gasteiger partial charge in [0.1, 0.15) is 5.78 Å². The van der Waals surface area contributed by atoms with Crippen LogP contribution >= 0.6 is 11.3 Å². The molecule has 4 heteroatoms. The fourth-order valence-corrected chi connectivity index (χ4v) is 3.35. The van der Waals surface area contributed by atoms with Gasteiger partial charge in [0.25, 0.3) is 0 Å². The van der Waals surface area contributed by atoms with Gasteiger partial charge in [-0.1, -0.05) is 6.92 Å². The average Bonchev–Trinajstić information content (AvgIpc) is 2.41. The molecule has 0 amide bonds. The minimum absolute atomic E-state index is 0.132. The zero-order valence-electron chi connectivity index (χ0n) is 9.17. The molecule has 1 aliphatic rings. The van der Waals surface area contributed by atoms with Crippen LogP contribution in [0.25, 0.3) is 0 Å². The Hall–Kier alpha value is -0.900. The molecule has 2 rings (SSSR count). The van der Waals surface area contributed by atoms with E-state index in [0.29, 0.717) is 11.3 Å². The van der Waals surface area contributed by atoms with Crippen molar-refractivity contribution in [2.45, 2.75) is 39.7 Å².